The van der Waals surface area contributed by atoms with Crippen molar-refractivity contribution >= 4 is 21.4 Å². The van der Waals surface area contributed by atoms with Crippen LogP contribution >= 0.6 is 0 Å². The molecule has 2 aromatic rings. The second-order valence-electron chi connectivity index (χ2n) is 7.72. The van der Waals surface area contributed by atoms with Crippen molar-refractivity contribution in [3.63, 3.8) is 0 Å². The van der Waals surface area contributed by atoms with E-state index in [0.29, 0.717) is 44.2 Å². The van der Waals surface area contributed by atoms with Gasteiger partial charge in [0, 0.05) is 57.4 Å². The van der Waals surface area contributed by atoms with Crippen molar-refractivity contribution in [3.8, 4) is 5.75 Å². The van der Waals surface area contributed by atoms with Gasteiger partial charge >= 0.3 is 0 Å². The molecule has 1 fully saturated rings. The number of nitro groups is 1. The highest BCUT2D eigenvalue weighted by atomic mass is 32.2. The van der Waals surface area contributed by atoms with E-state index < -0.39 is 14.9 Å². The number of hydrogen-bond acceptors (Lipinski definition) is 7. The summed E-state index contributed by atoms with van der Waals surface area (Å²) in [6.07, 6.45) is 0. The van der Waals surface area contributed by atoms with Crippen molar-refractivity contribution in [2.45, 2.75) is 25.3 Å². The fourth-order valence-electron chi connectivity index (χ4n) is 4.05. The molecule has 2 aromatic carbocycles. The molecule has 0 atom stereocenters. The van der Waals surface area contributed by atoms with Gasteiger partial charge in [0.15, 0.2) is 0 Å². The second-order valence-corrected chi connectivity index (χ2v) is 9.65. The molecule has 0 spiro atoms. The molecule has 0 saturated carbocycles. The maximum atomic E-state index is 13.7. The van der Waals surface area contributed by atoms with E-state index in [4.69, 9.17) is 4.74 Å². The van der Waals surface area contributed by atoms with Gasteiger partial charge in [-0.15, -0.1) is 0 Å². The zero-order chi connectivity index (χ0) is 24.2. The van der Waals surface area contributed by atoms with Gasteiger partial charge in [-0.3, -0.25) is 15.0 Å². The van der Waals surface area contributed by atoms with Crippen LogP contribution in [0.5, 0.6) is 5.75 Å². The molecule has 0 radical (unpaired) electrons. The molecule has 9 nitrogen and oxygen atoms in total. The van der Waals surface area contributed by atoms with Crippen LogP contribution in [0.15, 0.2) is 41.3 Å². The number of ether oxygens (including phenoxy) is 1. The quantitative estimate of drug-likeness (QED) is 0.402. The number of nitrogens with zero attached hydrogens (tertiary/aromatic N) is 4. The molecule has 3 rings (SSSR count). The molecule has 0 aromatic heterocycles. The third kappa shape index (κ3) is 5.43. The van der Waals surface area contributed by atoms with Gasteiger partial charge in [-0.1, -0.05) is 13.8 Å². The first kappa shape index (κ1) is 24.9. The Labute approximate surface area is 193 Å². The summed E-state index contributed by atoms with van der Waals surface area (Å²) in [7, 11) is -2.26. The van der Waals surface area contributed by atoms with Crippen LogP contribution < -0.4 is 9.64 Å². The van der Waals surface area contributed by atoms with Gasteiger partial charge in [0.2, 0.25) is 10.0 Å². The van der Waals surface area contributed by atoms with E-state index in [2.05, 4.69) is 4.90 Å². The SMILES string of the molecule is CCN(CC)S(=O)(=O)c1ccc(N2CCN(Cc3cc(F)ccc3OC)CC2)c([N+](=O)[O-])c1. The molecular weight excluding hydrogens is 451 g/mol. The molecule has 180 valence electrons. The Hall–Kier alpha value is -2.76. The highest BCUT2D eigenvalue weighted by Crippen LogP contribution is 2.33. The lowest BCUT2D eigenvalue weighted by Gasteiger charge is -2.36. The van der Waals surface area contributed by atoms with Crippen molar-refractivity contribution in [1.29, 1.82) is 0 Å². The molecule has 11 heteroatoms. The zero-order valence-electron chi connectivity index (χ0n) is 19.0. The Kier molecular flexibility index (Phi) is 7.88. The molecular formula is C22H29FN4O5S. The second kappa shape index (κ2) is 10.4. The van der Waals surface area contributed by atoms with E-state index >= 15 is 0 Å². The molecule has 0 amide bonds. The minimum absolute atomic E-state index is 0.0847. The topological polar surface area (TPSA) is 96.2 Å². The van der Waals surface area contributed by atoms with Gasteiger partial charge in [0.25, 0.3) is 5.69 Å². The van der Waals surface area contributed by atoms with Gasteiger partial charge in [-0.2, -0.15) is 4.31 Å². The summed E-state index contributed by atoms with van der Waals surface area (Å²) in [5.41, 5.74) is 0.896. The van der Waals surface area contributed by atoms with E-state index in [9.17, 15) is 22.9 Å². The number of sulfonamides is 1. The number of anilines is 1. The molecule has 1 heterocycles. The Morgan fingerprint density at radius 2 is 1.76 bits per heavy atom. The highest BCUT2D eigenvalue weighted by molar-refractivity contribution is 7.89. The van der Waals surface area contributed by atoms with Crippen LogP contribution in [0, 0.1) is 15.9 Å². The van der Waals surface area contributed by atoms with Crippen molar-refractivity contribution in [2.75, 3.05) is 51.3 Å². The number of methoxy groups -OCH3 is 1. The number of nitro benzene ring substituents is 1. The molecule has 33 heavy (non-hydrogen) atoms. The zero-order valence-corrected chi connectivity index (χ0v) is 19.8. The lowest BCUT2D eigenvalue weighted by atomic mass is 10.1. The Bertz CT molecular complexity index is 1100. The van der Waals surface area contributed by atoms with Crippen LogP contribution in [0.4, 0.5) is 15.8 Å². The van der Waals surface area contributed by atoms with E-state index in [-0.39, 0.29) is 29.5 Å². The Morgan fingerprint density at radius 1 is 1.09 bits per heavy atom. The van der Waals surface area contributed by atoms with Crippen molar-refractivity contribution in [3.05, 3.63) is 57.9 Å². The lowest BCUT2D eigenvalue weighted by Crippen LogP contribution is -2.46. The van der Waals surface area contributed by atoms with Crippen LogP contribution in [-0.2, 0) is 16.6 Å². The molecule has 0 aliphatic carbocycles. The van der Waals surface area contributed by atoms with Gasteiger partial charge in [-0.25, -0.2) is 12.8 Å². The van der Waals surface area contributed by atoms with Gasteiger partial charge in [0.05, 0.1) is 16.9 Å². The predicted molar refractivity (Wildman–Crippen MR) is 124 cm³/mol. The van der Waals surface area contributed by atoms with Crippen LogP contribution in [-0.4, -0.2) is 68.9 Å². The summed E-state index contributed by atoms with van der Waals surface area (Å²) < 4.78 is 45.8. The highest BCUT2D eigenvalue weighted by Gasteiger charge is 2.29. The standard InChI is InChI=1S/C22H29FN4O5S/c1-4-26(5-2)33(30,31)19-7-8-20(21(15-19)27(28)29)25-12-10-24(11-13-25)16-17-14-18(23)6-9-22(17)32-3/h6-9,14-15H,4-5,10-13,16H2,1-3H3. The maximum Gasteiger partial charge on any atom is 0.293 e. The third-order valence-corrected chi connectivity index (χ3v) is 7.88. The number of piperazine rings is 1. The monoisotopic (exact) mass is 480 g/mol. The molecule has 1 aliphatic heterocycles. The van der Waals surface area contributed by atoms with Crippen molar-refractivity contribution < 1.29 is 22.5 Å². The molecule has 0 bridgehead atoms. The molecule has 1 saturated heterocycles. The van der Waals surface area contributed by atoms with Crippen molar-refractivity contribution in [2.24, 2.45) is 0 Å². The van der Waals surface area contributed by atoms with Crippen LogP contribution in [0.2, 0.25) is 0 Å². The summed E-state index contributed by atoms with van der Waals surface area (Å²) in [6.45, 7) is 6.76. The number of rotatable bonds is 9. The lowest BCUT2D eigenvalue weighted by molar-refractivity contribution is -0.384. The number of benzene rings is 2. The first-order valence-electron chi connectivity index (χ1n) is 10.8. The number of hydrogen-bond donors (Lipinski definition) is 0. The minimum Gasteiger partial charge on any atom is -0.496 e. The fraction of sp³-hybridized carbons (Fsp3) is 0.455. The minimum atomic E-state index is -3.80. The summed E-state index contributed by atoms with van der Waals surface area (Å²) in [5.74, 6) is 0.277. The first-order valence-corrected chi connectivity index (χ1v) is 12.2. The first-order chi connectivity index (χ1) is 15.7. The predicted octanol–water partition coefficient (Wildman–Crippen LogP) is 3.10. The van der Waals surface area contributed by atoms with Gasteiger partial charge in [-0.05, 0) is 30.3 Å². The number of halogens is 1. The molecule has 1 aliphatic rings. The molecule has 0 unspecified atom stereocenters. The van der Waals surface area contributed by atoms with Gasteiger partial charge < -0.3 is 9.64 Å². The van der Waals surface area contributed by atoms with Gasteiger partial charge in [0.1, 0.15) is 17.3 Å². The van der Waals surface area contributed by atoms with Crippen LogP contribution in [0.1, 0.15) is 19.4 Å². The third-order valence-electron chi connectivity index (χ3n) is 5.84. The summed E-state index contributed by atoms with van der Waals surface area (Å²) in [6, 6.07) is 8.49. The van der Waals surface area contributed by atoms with Crippen molar-refractivity contribution in [1.82, 2.24) is 9.21 Å². The van der Waals surface area contributed by atoms with Crippen LogP contribution in [0.3, 0.4) is 0 Å². The largest absolute Gasteiger partial charge is 0.496 e. The fourth-order valence-corrected chi connectivity index (χ4v) is 5.53. The average Bonchev–Trinajstić information content (AvgIpc) is 2.80. The maximum absolute atomic E-state index is 13.7. The summed E-state index contributed by atoms with van der Waals surface area (Å²) in [5, 5.41) is 11.8. The average molecular weight is 481 g/mol. The van der Waals surface area contributed by atoms with Crippen LogP contribution in [0.25, 0.3) is 0 Å². The van der Waals surface area contributed by atoms with E-state index in [1.807, 2.05) is 4.90 Å². The van der Waals surface area contributed by atoms with E-state index in [1.165, 1.54) is 35.7 Å². The Morgan fingerprint density at radius 3 is 2.33 bits per heavy atom. The van der Waals surface area contributed by atoms with E-state index in [0.717, 1.165) is 11.6 Å². The smallest absolute Gasteiger partial charge is 0.293 e. The van der Waals surface area contributed by atoms with E-state index in [1.54, 1.807) is 19.9 Å². The molecule has 0 N–H and O–H groups in total. The summed E-state index contributed by atoms with van der Waals surface area (Å²) >= 11 is 0. The Balaban J connectivity index is 1.77. The normalized spacial score (nSPS) is 15.1. The summed E-state index contributed by atoms with van der Waals surface area (Å²) in [4.78, 5) is 15.1.